The number of hydrogen-bond donors (Lipinski definition) is 0. The minimum Gasteiger partial charge on any atom is -0.699 e. The van der Waals surface area contributed by atoms with E-state index in [4.69, 9.17) is 5.73 Å². The molecule has 1 N–H and O–H groups in total. The van der Waals surface area contributed by atoms with Crippen molar-refractivity contribution in [1.82, 2.24) is 0 Å². The van der Waals surface area contributed by atoms with Gasteiger partial charge in [-0.1, -0.05) is 18.2 Å². The Kier molecular flexibility index (Phi) is 3.51. The summed E-state index contributed by atoms with van der Waals surface area (Å²) in [6.45, 7) is 0. The second kappa shape index (κ2) is 3.35. The number of allylic oxidation sites excluding steroid dienone is 3. The average Bonchev–Trinajstić information content (AvgIpc) is 1.86. The molecule has 1 aliphatic carbocycles. The first-order chi connectivity index (χ1) is 2.89. The Morgan fingerprint density at radius 1 is 1.57 bits per heavy atom. The summed E-state index contributed by atoms with van der Waals surface area (Å²) in [5.41, 5.74) is 7.55. The molecule has 0 atom stereocenters. The molecule has 1 aliphatic rings. The third-order valence-electron chi connectivity index (χ3n) is 0.771. The monoisotopic (exact) mass is 318 g/mol. The van der Waals surface area contributed by atoms with Crippen LogP contribution in [-0.2, 0) is 0 Å². The molecule has 0 amide bonds. The largest absolute Gasteiger partial charge is 0.699 e. The first-order valence-corrected chi connectivity index (χ1v) is 1.98. The van der Waals surface area contributed by atoms with Crippen molar-refractivity contribution in [3.63, 3.8) is 0 Å². The van der Waals surface area contributed by atoms with Crippen molar-refractivity contribution in [1.29, 1.82) is 0 Å². The van der Waals surface area contributed by atoms with Crippen LogP contribution in [0.5, 0.6) is 0 Å². The molecule has 0 aromatic carbocycles. The Morgan fingerprint density at radius 2 is 2.29 bits per heavy atom. The van der Waals surface area contributed by atoms with Gasteiger partial charge in [0.1, 0.15) is 0 Å². The third-order valence-corrected chi connectivity index (χ3v) is 0.771. The van der Waals surface area contributed by atoms with Crippen molar-refractivity contribution in [2.75, 3.05) is 0 Å². The first-order valence-electron chi connectivity index (χ1n) is 1.98. The summed E-state index contributed by atoms with van der Waals surface area (Å²) >= 11 is 0. The quantitative estimate of drug-likeness (QED) is 0.651. The van der Waals surface area contributed by atoms with Crippen LogP contribution in [0, 0.1) is 31.1 Å². The Morgan fingerprint density at radius 3 is 2.43 bits per heavy atom. The molecular weight excluding hydrogens is 312 g/mol. The molecule has 0 spiro atoms. The number of hydrogen-bond acceptors (Lipinski definition) is 0. The van der Waals surface area contributed by atoms with E-state index in [9.17, 15) is 0 Å². The van der Waals surface area contributed by atoms with Crippen LogP contribution < -0.4 is 0 Å². The van der Waals surface area contributed by atoms with Gasteiger partial charge in [0.05, 0.1) is 0 Å². The van der Waals surface area contributed by atoms with Crippen LogP contribution in [0.3, 0.4) is 0 Å². The van der Waals surface area contributed by atoms with Gasteiger partial charge >= 0.3 is 0 Å². The van der Waals surface area contributed by atoms with Gasteiger partial charge in [-0.25, -0.2) is 0 Å². The summed E-state index contributed by atoms with van der Waals surface area (Å²) < 4.78 is 0. The van der Waals surface area contributed by atoms with Crippen molar-refractivity contribution >= 4 is 0 Å². The molecule has 0 fully saturated rings. The second-order valence-corrected chi connectivity index (χ2v) is 1.30. The molecule has 0 aromatic rings. The van der Waals surface area contributed by atoms with Gasteiger partial charge in [0.2, 0.25) is 0 Å². The van der Waals surface area contributed by atoms with Gasteiger partial charge in [0.15, 0.2) is 0 Å². The van der Waals surface area contributed by atoms with Gasteiger partial charge in [0.25, 0.3) is 0 Å². The molecule has 2 heteroatoms. The van der Waals surface area contributed by atoms with Crippen LogP contribution in [0.1, 0.15) is 6.42 Å². The fourth-order valence-corrected chi connectivity index (χ4v) is 0.458. The molecule has 0 unspecified atom stereocenters. The maximum absolute atomic E-state index is 6.91. The summed E-state index contributed by atoms with van der Waals surface area (Å²) in [4.78, 5) is 0. The average molecular weight is 318 g/mol. The maximum atomic E-state index is 6.91. The second-order valence-electron chi connectivity index (χ2n) is 1.30. The van der Waals surface area contributed by atoms with Gasteiger partial charge in [-0.2, -0.15) is 0 Å². The zero-order valence-electron chi connectivity index (χ0n) is 3.94. The standard InChI is InChI=1S/C5H6N.U/c6-5-3-1-2-4-5;/h1,3-4,6H,2H2;/q-1;. The summed E-state index contributed by atoms with van der Waals surface area (Å²) in [5, 5.41) is 0. The molecule has 0 bridgehead atoms. The normalized spacial score (nSPS) is 15.7. The van der Waals surface area contributed by atoms with Crippen molar-refractivity contribution in [3.8, 4) is 0 Å². The van der Waals surface area contributed by atoms with Crippen molar-refractivity contribution in [2.24, 2.45) is 0 Å². The summed E-state index contributed by atoms with van der Waals surface area (Å²) in [6.07, 6.45) is 6.61. The van der Waals surface area contributed by atoms with Gasteiger partial charge in [-0.05, 0) is 6.42 Å². The fourth-order valence-electron chi connectivity index (χ4n) is 0.458. The van der Waals surface area contributed by atoms with Crippen molar-refractivity contribution < 1.29 is 31.1 Å². The molecule has 7 heavy (non-hydrogen) atoms. The maximum Gasteiger partial charge on any atom is 0 e. The smallest absolute Gasteiger partial charge is 0 e. The summed E-state index contributed by atoms with van der Waals surface area (Å²) in [7, 11) is 0. The van der Waals surface area contributed by atoms with E-state index in [0.29, 0.717) is 5.70 Å². The molecule has 0 aliphatic heterocycles. The topological polar surface area (TPSA) is 23.8 Å². The molecular formula is C5H6NU-. The Bertz CT molecular complexity index is 102. The predicted molar refractivity (Wildman–Crippen MR) is 26.2 cm³/mol. The van der Waals surface area contributed by atoms with Crippen molar-refractivity contribution in [3.05, 3.63) is 29.7 Å². The molecule has 0 heterocycles. The SMILES string of the molecule is [NH-]C1=CCC=C1.[U]. The first kappa shape index (κ1) is 7.33. The van der Waals surface area contributed by atoms with E-state index < -0.39 is 0 Å². The van der Waals surface area contributed by atoms with E-state index in [2.05, 4.69) is 0 Å². The molecule has 0 aromatic heterocycles. The number of nitrogens with one attached hydrogen (secondary N) is 1. The van der Waals surface area contributed by atoms with E-state index in [-0.39, 0.29) is 31.1 Å². The zero-order chi connectivity index (χ0) is 4.41. The molecule has 0 radical (unpaired) electrons. The summed E-state index contributed by atoms with van der Waals surface area (Å²) in [6, 6.07) is 0. The Labute approximate surface area is 67.0 Å². The molecule has 0 saturated heterocycles. The Hall–Kier alpha value is 0.332. The fraction of sp³-hybridized carbons (Fsp3) is 0.200. The van der Waals surface area contributed by atoms with Crippen LogP contribution in [0.25, 0.3) is 5.73 Å². The van der Waals surface area contributed by atoms with Crippen LogP contribution in [0.15, 0.2) is 23.9 Å². The van der Waals surface area contributed by atoms with Crippen LogP contribution in [-0.4, -0.2) is 0 Å². The van der Waals surface area contributed by atoms with E-state index in [1.165, 1.54) is 0 Å². The summed E-state index contributed by atoms with van der Waals surface area (Å²) in [5.74, 6) is 0. The Balaban J connectivity index is 0.000000360. The van der Waals surface area contributed by atoms with Crippen molar-refractivity contribution in [2.45, 2.75) is 6.42 Å². The number of rotatable bonds is 0. The van der Waals surface area contributed by atoms with Crippen LogP contribution in [0.4, 0.5) is 0 Å². The molecule has 1 nitrogen and oxygen atoms in total. The zero-order valence-corrected chi connectivity index (χ0v) is 8.10. The van der Waals surface area contributed by atoms with Crippen LogP contribution >= 0.6 is 0 Å². The van der Waals surface area contributed by atoms with Gasteiger partial charge in [-0.3, -0.25) is 0 Å². The van der Waals surface area contributed by atoms with Crippen LogP contribution in [0.2, 0.25) is 0 Å². The minimum absolute atomic E-state index is 0. The third kappa shape index (κ3) is 2.21. The van der Waals surface area contributed by atoms with E-state index in [0.717, 1.165) is 6.42 Å². The van der Waals surface area contributed by atoms with Gasteiger partial charge < -0.3 is 5.73 Å². The molecule has 36 valence electrons. The molecule has 1 rings (SSSR count). The van der Waals surface area contributed by atoms with E-state index in [1.807, 2.05) is 12.2 Å². The van der Waals surface area contributed by atoms with Gasteiger partial charge in [-0.15, -0.1) is 5.70 Å². The molecule has 0 saturated carbocycles. The van der Waals surface area contributed by atoms with E-state index >= 15 is 0 Å². The minimum atomic E-state index is 0. The van der Waals surface area contributed by atoms with Gasteiger partial charge in [0, 0.05) is 31.1 Å². The van der Waals surface area contributed by atoms with E-state index in [1.54, 1.807) is 6.08 Å². The predicted octanol–water partition coefficient (Wildman–Crippen LogP) is 1.88.